The van der Waals surface area contributed by atoms with Gasteiger partial charge in [-0.1, -0.05) is 13.0 Å². The third kappa shape index (κ3) is 3.76. The molecule has 2 fully saturated rings. The number of hydrogen-bond acceptors (Lipinski definition) is 4. The summed E-state index contributed by atoms with van der Waals surface area (Å²) in [6.45, 7) is 8.83. The van der Waals surface area contributed by atoms with Gasteiger partial charge in [-0.3, -0.25) is 9.59 Å². The molecule has 0 bridgehead atoms. The van der Waals surface area contributed by atoms with Gasteiger partial charge >= 0.3 is 0 Å². The molecule has 0 radical (unpaired) electrons. The molecule has 0 N–H and O–H groups in total. The predicted octanol–water partition coefficient (Wildman–Crippen LogP) is 0.937. The first-order valence-corrected chi connectivity index (χ1v) is 8.67. The fraction of sp³-hybridized carbons (Fsp3) is 0.556. The minimum atomic E-state index is -0.0243. The van der Waals surface area contributed by atoms with Crippen LogP contribution in [0.4, 0.5) is 0 Å². The van der Waals surface area contributed by atoms with Crippen molar-refractivity contribution in [2.24, 2.45) is 0 Å². The fourth-order valence-electron chi connectivity index (χ4n) is 3.18. The number of carbonyl (C=O) groups is 2. The van der Waals surface area contributed by atoms with E-state index in [1.807, 2.05) is 4.90 Å². The number of amides is 2. The molecular weight excluding hydrogens is 306 g/mol. The quantitative estimate of drug-likeness (QED) is 0.827. The lowest BCUT2D eigenvalue weighted by atomic mass is 10.1. The molecule has 0 atom stereocenters. The Morgan fingerprint density at radius 2 is 1.46 bits per heavy atom. The molecule has 2 aliphatic heterocycles. The van der Waals surface area contributed by atoms with Gasteiger partial charge in [-0.05, 0) is 24.7 Å². The molecule has 2 amide bonds. The van der Waals surface area contributed by atoms with Crippen molar-refractivity contribution in [2.45, 2.75) is 6.92 Å². The van der Waals surface area contributed by atoms with Gasteiger partial charge < -0.3 is 19.4 Å². The number of carbonyl (C=O) groups excluding carboxylic acids is 2. The number of nitrogens with zero attached hydrogens (tertiary/aromatic N) is 3. The van der Waals surface area contributed by atoms with E-state index >= 15 is 0 Å². The highest BCUT2D eigenvalue weighted by Gasteiger charge is 2.23. The van der Waals surface area contributed by atoms with Crippen molar-refractivity contribution in [3.05, 3.63) is 35.4 Å². The van der Waals surface area contributed by atoms with Crippen molar-refractivity contribution in [1.82, 2.24) is 14.7 Å². The minimum absolute atomic E-state index is 0.0161. The number of benzene rings is 1. The summed E-state index contributed by atoms with van der Waals surface area (Å²) in [5.74, 6) is -0.00821. The number of likely N-dealkylation sites (N-methyl/N-ethyl adjacent to an activating group) is 1. The number of rotatable bonds is 3. The lowest BCUT2D eigenvalue weighted by Crippen LogP contribution is -2.48. The maximum absolute atomic E-state index is 12.7. The lowest BCUT2D eigenvalue weighted by Gasteiger charge is -2.34. The fourth-order valence-corrected chi connectivity index (χ4v) is 3.18. The van der Waals surface area contributed by atoms with Crippen LogP contribution in [0.5, 0.6) is 0 Å². The summed E-state index contributed by atoms with van der Waals surface area (Å²) in [6.07, 6.45) is 0. The highest BCUT2D eigenvalue weighted by atomic mass is 16.5. The summed E-state index contributed by atoms with van der Waals surface area (Å²) in [6, 6.07) is 7.10. The zero-order valence-corrected chi connectivity index (χ0v) is 14.2. The molecular formula is C18H25N3O3. The zero-order valence-electron chi connectivity index (χ0n) is 14.2. The van der Waals surface area contributed by atoms with Crippen LogP contribution >= 0.6 is 0 Å². The van der Waals surface area contributed by atoms with Crippen molar-refractivity contribution in [3.8, 4) is 0 Å². The van der Waals surface area contributed by atoms with Gasteiger partial charge in [0.25, 0.3) is 11.8 Å². The molecule has 0 unspecified atom stereocenters. The molecule has 2 aliphatic rings. The van der Waals surface area contributed by atoms with E-state index in [0.29, 0.717) is 37.4 Å². The summed E-state index contributed by atoms with van der Waals surface area (Å²) in [5, 5.41) is 0. The molecule has 6 nitrogen and oxygen atoms in total. The molecule has 0 aromatic heterocycles. The Labute approximate surface area is 143 Å². The smallest absolute Gasteiger partial charge is 0.254 e. The van der Waals surface area contributed by atoms with Crippen LogP contribution in [0.3, 0.4) is 0 Å². The average molecular weight is 331 g/mol. The van der Waals surface area contributed by atoms with Crippen LogP contribution in [0, 0.1) is 0 Å². The van der Waals surface area contributed by atoms with E-state index in [0.717, 1.165) is 32.7 Å². The second kappa shape index (κ2) is 7.77. The number of hydrogen-bond donors (Lipinski definition) is 0. The van der Waals surface area contributed by atoms with E-state index in [9.17, 15) is 9.59 Å². The van der Waals surface area contributed by atoms with Crippen molar-refractivity contribution in [2.75, 3.05) is 59.0 Å². The van der Waals surface area contributed by atoms with Crippen LogP contribution in [0.15, 0.2) is 24.3 Å². The molecule has 0 saturated carbocycles. The molecule has 0 aliphatic carbocycles. The first-order chi connectivity index (χ1) is 11.7. The zero-order chi connectivity index (χ0) is 16.9. The molecule has 1 aromatic rings. The van der Waals surface area contributed by atoms with Crippen LogP contribution in [0.25, 0.3) is 0 Å². The molecule has 24 heavy (non-hydrogen) atoms. The van der Waals surface area contributed by atoms with E-state index in [1.54, 1.807) is 29.2 Å². The Balaban J connectivity index is 1.68. The Morgan fingerprint density at radius 1 is 0.917 bits per heavy atom. The topological polar surface area (TPSA) is 53.1 Å². The van der Waals surface area contributed by atoms with E-state index in [1.165, 1.54) is 0 Å². The highest BCUT2D eigenvalue weighted by molar-refractivity contribution is 5.99. The Kier molecular flexibility index (Phi) is 5.48. The maximum atomic E-state index is 12.7. The standard InChI is InChI=1S/C18H25N3O3/c1-2-19-6-8-20(9-7-19)17(22)15-4-3-5-16(14-15)18(23)21-10-12-24-13-11-21/h3-5,14H,2,6-13H2,1H3. The third-order valence-corrected chi connectivity index (χ3v) is 4.76. The molecule has 6 heteroatoms. The Hall–Kier alpha value is -1.92. The van der Waals surface area contributed by atoms with Gasteiger partial charge in [-0.25, -0.2) is 0 Å². The highest BCUT2D eigenvalue weighted by Crippen LogP contribution is 2.13. The van der Waals surface area contributed by atoms with Crippen LogP contribution in [-0.2, 0) is 4.74 Å². The van der Waals surface area contributed by atoms with Crippen molar-refractivity contribution < 1.29 is 14.3 Å². The van der Waals surface area contributed by atoms with Crippen LogP contribution in [0.1, 0.15) is 27.6 Å². The largest absolute Gasteiger partial charge is 0.378 e. The molecule has 1 aromatic carbocycles. The first-order valence-electron chi connectivity index (χ1n) is 8.67. The van der Waals surface area contributed by atoms with E-state index in [-0.39, 0.29) is 11.8 Å². The van der Waals surface area contributed by atoms with Gasteiger partial charge in [0.05, 0.1) is 13.2 Å². The summed E-state index contributed by atoms with van der Waals surface area (Å²) in [7, 11) is 0. The van der Waals surface area contributed by atoms with E-state index < -0.39 is 0 Å². The monoisotopic (exact) mass is 331 g/mol. The second-order valence-corrected chi connectivity index (χ2v) is 6.21. The molecule has 2 saturated heterocycles. The molecule has 0 spiro atoms. The predicted molar refractivity (Wildman–Crippen MR) is 91.2 cm³/mol. The molecule has 2 heterocycles. The summed E-state index contributed by atoms with van der Waals surface area (Å²) >= 11 is 0. The van der Waals surface area contributed by atoms with Gasteiger partial charge in [0.1, 0.15) is 0 Å². The Bertz CT molecular complexity index is 591. The van der Waals surface area contributed by atoms with Crippen LogP contribution in [0.2, 0.25) is 0 Å². The normalized spacial score (nSPS) is 19.4. The first kappa shape index (κ1) is 16.9. The van der Waals surface area contributed by atoms with Crippen LogP contribution in [-0.4, -0.2) is 85.5 Å². The van der Waals surface area contributed by atoms with Crippen molar-refractivity contribution in [1.29, 1.82) is 0 Å². The summed E-state index contributed by atoms with van der Waals surface area (Å²) < 4.78 is 5.29. The number of piperazine rings is 1. The second-order valence-electron chi connectivity index (χ2n) is 6.21. The minimum Gasteiger partial charge on any atom is -0.378 e. The third-order valence-electron chi connectivity index (χ3n) is 4.76. The van der Waals surface area contributed by atoms with Crippen LogP contribution < -0.4 is 0 Å². The van der Waals surface area contributed by atoms with Gasteiger partial charge in [0, 0.05) is 50.4 Å². The van der Waals surface area contributed by atoms with E-state index in [2.05, 4.69) is 11.8 Å². The van der Waals surface area contributed by atoms with Gasteiger partial charge in [0.15, 0.2) is 0 Å². The van der Waals surface area contributed by atoms with Gasteiger partial charge in [-0.2, -0.15) is 0 Å². The molecule has 3 rings (SSSR count). The Morgan fingerprint density at radius 3 is 2.00 bits per heavy atom. The van der Waals surface area contributed by atoms with Gasteiger partial charge in [-0.15, -0.1) is 0 Å². The summed E-state index contributed by atoms with van der Waals surface area (Å²) in [5.41, 5.74) is 1.18. The van der Waals surface area contributed by atoms with Crippen molar-refractivity contribution in [3.63, 3.8) is 0 Å². The number of ether oxygens (including phenoxy) is 1. The SMILES string of the molecule is CCN1CCN(C(=O)c2cccc(C(=O)N3CCOCC3)c2)CC1. The van der Waals surface area contributed by atoms with Crippen molar-refractivity contribution >= 4 is 11.8 Å². The number of morpholine rings is 1. The summed E-state index contributed by atoms with van der Waals surface area (Å²) in [4.78, 5) is 31.3. The average Bonchev–Trinajstić information content (AvgIpc) is 2.67. The molecule has 130 valence electrons. The van der Waals surface area contributed by atoms with E-state index in [4.69, 9.17) is 4.74 Å². The van der Waals surface area contributed by atoms with Gasteiger partial charge in [0.2, 0.25) is 0 Å². The maximum Gasteiger partial charge on any atom is 0.254 e. The lowest BCUT2D eigenvalue weighted by molar-refractivity contribution is 0.0303.